The molecule has 1 rings (SSSR count). The average molecular weight is 406 g/mol. The molecule has 0 bridgehead atoms. The van der Waals surface area contributed by atoms with Crippen molar-refractivity contribution in [2.24, 2.45) is 4.99 Å². The summed E-state index contributed by atoms with van der Waals surface area (Å²) in [6.45, 7) is 16.3. The van der Waals surface area contributed by atoms with Crippen LogP contribution in [0.3, 0.4) is 0 Å². The summed E-state index contributed by atoms with van der Waals surface area (Å²) in [5.74, 6) is 1.44. The Morgan fingerprint density at radius 3 is 2.52 bits per heavy atom. The maximum Gasteiger partial charge on any atom is 0.221 e. The van der Waals surface area contributed by atoms with Crippen LogP contribution in [0.15, 0.2) is 29.3 Å². The first-order chi connectivity index (χ1) is 13.8. The molecule has 0 unspecified atom stereocenters. The number of ether oxygens (including phenoxy) is 1. The van der Waals surface area contributed by atoms with Gasteiger partial charge in [0, 0.05) is 50.4 Å². The third-order valence-electron chi connectivity index (χ3n) is 4.33. The topological polar surface area (TPSA) is 78.0 Å². The Morgan fingerprint density at radius 1 is 1.17 bits per heavy atom. The van der Waals surface area contributed by atoms with E-state index in [4.69, 9.17) is 4.74 Å². The zero-order chi connectivity index (χ0) is 21.6. The van der Waals surface area contributed by atoms with Gasteiger partial charge in [0.05, 0.1) is 6.54 Å². The van der Waals surface area contributed by atoms with Gasteiger partial charge in [0.25, 0.3) is 0 Å². The van der Waals surface area contributed by atoms with E-state index in [0.717, 1.165) is 43.5 Å². The number of carbonyl (C=O) groups excluding carboxylic acids is 1. The van der Waals surface area contributed by atoms with Crippen LogP contribution in [0.25, 0.3) is 0 Å². The third-order valence-corrected chi connectivity index (χ3v) is 4.33. The van der Waals surface area contributed by atoms with Crippen molar-refractivity contribution >= 4 is 17.6 Å². The van der Waals surface area contributed by atoms with Crippen molar-refractivity contribution in [3.8, 4) is 5.75 Å². The van der Waals surface area contributed by atoms with Gasteiger partial charge >= 0.3 is 0 Å². The molecule has 0 atom stereocenters. The maximum absolute atomic E-state index is 11.1. The fourth-order valence-corrected chi connectivity index (χ4v) is 3.10. The Kier molecular flexibility index (Phi) is 11.8. The molecule has 0 radical (unpaired) electrons. The molecular weight excluding hydrogens is 366 g/mol. The van der Waals surface area contributed by atoms with Crippen molar-refractivity contribution in [2.45, 2.75) is 60.0 Å². The molecule has 1 amide bonds. The van der Waals surface area contributed by atoms with Crippen LogP contribution in [0.5, 0.6) is 5.75 Å². The third kappa shape index (κ3) is 10.7. The second-order valence-corrected chi connectivity index (χ2v) is 7.52. The molecule has 0 aliphatic carbocycles. The van der Waals surface area contributed by atoms with Crippen LogP contribution in [-0.2, 0) is 4.79 Å². The average Bonchev–Trinajstić information content (AvgIpc) is 2.64. The minimum atomic E-state index is -0.0970. The van der Waals surface area contributed by atoms with E-state index >= 15 is 0 Å². The lowest BCUT2D eigenvalue weighted by Gasteiger charge is -2.30. The van der Waals surface area contributed by atoms with Crippen LogP contribution in [0.2, 0.25) is 0 Å². The Morgan fingerprint density at radius 2 is 1.90 bits per heavy atom. The van der Waals surface area contributed by atoms with Crippen molar-refractivity contribution in [1.29, 1.82) is 0 Å². The highest BCUT2D eigenvalue weighted by molar-refractivity contribution is 5.88. The van der Waals surface area contributed by atoms with Gasteiger partial charge in [0.1, 0.15) is 12.4 Å². The van der Waals surface area contributed by atoms with E-state index in [1.165, 1.54) is 6.92 Å². The van der Waals surface area contributed by atoms with Crippen LogP contribution in [0, 0.1) is 0 Å². The van der Waals surface area contributed by atoms with Gasteiger partial charge < -0.3 is 20.7 Å². The summed E-state index contributed by atoms with van der Waals surface area (Å²) in [5.41, 5.74) is 0.731. The van der Waals surface area contributed by atoms with E-state index in [2.05, 4.69) is 60.5 Å². The smallest absolute Gasteiger partial charge is 0.221 e. The molecule has 29 heavy (non-hydrogen) atoms. The maximum atomic E-state index is 11.1. The second kappa shape index (κ2) is 13.8. The van der Waals surface area contributed by atoms with Crippen molar-refractivity contribution < 1.29 is 9.53 Å². The summed E-state index contributed by atoms with van der Waals surface area (Å²) in [5, 5.41) is 9.32. The van der Waals surface area contributed by atoms with Gasteiger partial charge in [0.15, 0.2) is 5.96 Å². The van der Waals surface area contributed by atoms with E-state index in [-0.39, 0.29) is 5.91 Å². The zero-order valence-corrected chi connectivity index (χ0v) is 18.9. The van der Waals surface area contributed by atoms with Crippen LogP contribution in [-0.4, -0.2) is 61.6 Å². The summed E-state index contributed by atoms with van der Waals surface area (Å²) >= 11 is 0. The molecule has 164 valence electrons. The number of anilines is 1. The Bertz CT molecular complexity index is 623. The standard InChI is InChI=1S/C22H39N5O2/c1-7-23-22(24-12-9-14-27(17(2)3)18(4)5)25-13-15-29-21-11-8-10-20(16-21)26-19(6)28/h8,10-11,16-18H,7,9,12-15H2,1-6H3,(H,26,28)(H2,23,24,25). The minimum absolute atomic E-state index is 0.0970. The van der Waals surface area contributed by atoms with Crippen LogP contribution >= 0.6 is 0 Å². The van der Waals surface area contributed by atoms with Gasteiger partial charge in [-0.1, -0.05) is 6.07 Å². The monoisotopic (exact) mass is 405 g/mol. The first kappa shape index (κ1) is 24.8. The fourth-order valence-electron chi connectivity index (χ4n) is 3.10. The number of hydrogen-bond donors (Lipinski definition) is 3. The predicted molar refractivity (Wildman–Crippen MR) is 122 cm³/mol. The molecule has 0 heterocycles. The van der Waals surface area contributed by atoms with E-state index in [0.29, 0.717) is 25.2 Å². The number of hydrogen-bond acceptors (Lipinski definition) is 4. The number of amides is 1. The molecule has 0 fully saturated rings. The van der Waals surface area contributed by atoms with E-state index in [1.807, 2.05) is 24.3 Å². The van der Waals surface area contributed by atoms with E-state index < -0.39 is 0 Å². The summed E-state index contributed by atoms with van der Waals surface area (Å²) in [4.78, 5) is 18.3. The molecule has 0 saturated carbocycles. The van der Waals surface area contributed by atoms with Gasteiger partial charge in [-0.3, -0.25) is 14.7 Å². The number of nitrogens with zero attached hydrogens (tertiary/aromatic N) is 2. The van der Waals surface area contributed by atoms with Gasteiger partial charge in [-0.15, -0.1) is 0 Å². The molecule has 7 nitrogen and oxygen atoms in total. The largest absolute Gasteiger partial charge is 0.492 e. The molecule has 0 aliphatic heterocycles. The zero-order valence-electron chi connectivity index (χ0n) is 18.9. The molecule has 0 saturated heterocycles. The molecule has 0 aromatic heterocycles. The summed E-state index contributed by atoms with van der Waals surface area (Å²) in [6.07, 6.45) is 1.03. The number of guanidine groups is 1. The quantitative estimate of drug-likeness (QED) is 0.283. The van der Waals surface area contributed by atoms with Crippen molar-refractivity contribution in [3.05, 3.63) is 24.3 Å². The molecule has 7 heteroatoms. The number of benzene rings is 1. The number of aliphatic imine (C=N–C) groups is 1. The number of rotatable bonds is 12. The highest BCUT2D eigenvalue weighted by Gasteiger charge is 2.12. The lowest BCUT2D eigenvalue weighted by Crippen LogP contribution is -2.40. The van der Waals surface area contributed by atoms with Crippen LogP contribution in [0.1, 0.15) is 48.0 Å². The van der Waals surface area contributed by atoms with Gasteiger partial charge in [-0.25, -0.2) is 0 Å². The molecular formula is C22H39N5O2. The van der Waals surface area contributed by atoms with Crippen LogP contribution in [0.4, 0.5) is 5.69 Å². The van der Waals surface area contributed by atoms with Crippen molar-refractivity contribution in [1.82, 2.24) is 15.5 Å². The van der Waals surface area contributed by atoms with Gasteiger partial charge in [0.2, 0.25) is 5.91 Å². The summed E-state index contributed by atoms with van der Waals surface area (Å²) in [6, 6.07) is 8.48. The molecule has 1 aromatic rings. The SMILES string of the molecule is CCNC(=NCCCN(C(C)C)C(C)C)NCCOc1cccc(NC(C)=O)c1. The van der Waals surface area contributed by atoms with E-state index in [9.17, 15) is 4.79 Å². The molecule has 3 N–H and O–H groups in total. The highest BCUT2D eigenvalue weighted by atomic mass is 16.5. The summed E-state index contributed by atoms with van der Waals surface area (Å²) < 4.78 is 5.76. The highest BCUT2D eigenvalue weighted by Crippen LogP contribution is 2.17. The first-order valence-corrected chi connectivity index (χ1v) is 10.6. The molecule has 0 aliphatic rings. The van der Waals surface area contributed by atoms with Crippen molar-refractivity contribution in [2.75, 3.05) is 38.1 Å². The number of carbonyl (C=O) groups is 1. The first-order valence-electron chi connectivity index (χ1n) is 10.6. The lowest BCUT2D eigenvalue weighted by atomic mass is 10.2. The number of nitrogens with one attached hydrogen (secondary N) is 3. The van der Waals surface area contributed by atoms with Gasteiger partial charge in [-0.05, 0) is 53.2 Å². The Hall–Kier alpha value is -2.28. The Balaban J connectivity index is 2.40. The Labute approximate surface area is 176 Å². The normalized spacial score (nSPS) is 11.8. The fraction of sp³-hybridized carbons (Fsp3) is 0.636. The van der Waals surface area contributed by atoms with Crippen LogP contribution < -0.4 is 20.7 Å². The minimum Gasteiger partial charge on any atom is -0.492 e. The van der Waals surface area contributed by atoms with Crippen molar-refractivity contribution in [3.63, 3.8) is 0 Å². The van der Waals surface area contributed by atoms with Gasteiger partial charge in [-0.2, -0.15) is 0 Å². The predicted octanol–water partition coefficient (Wildman–Crippen LogP) is 3.09. The molecule has 0 spiro atoms. The molecule has 1 aromatic carbocycles. The second-order valence-electron chi connectivity index (χ2n) is 7.52. The summed E-state index contributed by atoms with van der Waals surface area (Å²) in [7, 11) is 0. The van der Waals surface area contributed by atoms with E-state index in [1.54, 1.807) is 0 Å². The lowest BCUT2D eigenvalue weighted by molar-refractivity contribution is -0.114.